The number of carbonyl (C=O) groups is 2. The fraction of sp³-hybridized carbons (Fsp3) is 0.167. The predicted octanol–water partition coefficient (Wildman–Crippen LogP) is 1.01. The van der Waals surface area contributed by atoms with Gasteiger partial charge in [-0.25, -0.2) is 19.0 Å². The van der Waals surface area contributed by atoms with Gasteiger partial charge in [-0.1, -0.05) is 6.07 Å². The fourth-order valence-corrected chi connectivity index (χ4v) is 3.37. The minimum atomic E-state index is -1.34. The summed E-state index contributed by atoms with van der Waals surface area (Å²) in [6.45, 7) is 0. The molecule has 0 unspecified atom stereocenters. The summed E-state index contributed by atoms with van der Waals surface area (Å²) in [6.07, 6.45) is 2.66. The number of H-pyrrole nitrogens is 1. The zero-order chi connectivity index (χ0) is 19.1. The molecule has 1 aromatic carbocycles. The molecular weight excluding hydrogens is 350 g/mol. The number of carboxylic acid groups (broad SMARTS) is 1. The molecule has 1 atom stereocenters. The number of fused-ring (bicyclic) bond motifs is 2. The van der Waals surface area contributed by atoms with Gasteiger partial charge in [-0.15, -0.1) is 0 Å². The van der Waals surface area contributed by atoms with E-state index in [4.69, 9.17) is 5.26 Å². The van der Waals surface area contributed by atoms with Crippen LogP contribution in [-0.4, -0.2) is 31.4 Å². The number of hydrogen-bond acceptors (Lipinski definition) is 5. The van der Waals surface area contributed by atoms with Crippen molar-refractivity contribution in [1.82, 2.24) is 19.7 Å². The minimum absolute atomic E-state index is 0.0514. The fourth-order valence-electron chi connectivity index (χ4n) is 3.37. The van der Waals surface area contributed by atoms with E-state index in [1.807, 2.05) is 6.07 Å². The molecule has 0 fully saturated rings. The smallest absolute Gasteiger partial charge is 0.353 e. The minimum Gasteiger partial charge on any atom is -0.477 e. The predicted molar refractivity (Wildman–Crippen MR) is 92.5 cm³/mol. The molecule has 134 valence electrons. The first-order valence-electron chi connectivity index (χ1n) is 8.16. The molecule has 1 aliphatic carbocycles. The van der Waals surface area contributed by atoms with Crippen LogP contribution in [0, 0.1) is 11.3 Å². The third kappa shape index (κ3) is 2.73. The normalized spacial score (nSPS) is 15.3. The summed E-state index contributed by atoms with van der Waals surface area (Å²) in [5, 5.41) is 21.2. The van der Waals surface area contributed by atoms with Crippen LogP contribution in [0.25, 0.3) is 5.65 Å². The van der Waals surface area contributed by atoms with Crippen LogP contribution in [-0.2, 0) is 6.42 Å². The molecule has 0 saturated carbocycles. The van der Waals surface area contributed by atoms with Crippen molar-refractivity contribution in [2.75, 3.05) is 0 Å². The molecule has 0 bridgehead atoms. The highest BCUT2D eigenvalue weighted by atomic mass is 16.4. The van der Waals surface area contributed by atoms with Gasteiger partial charge >= 0.3 is 11.7 Å². The Bertz CT molecular complexity index is 1200. The van der Waals surface area contributed by atoms with Crippen LogP contribution < -0.4 is 11.0 Å². The third-order valence-corrected chi connectivity index (χ3v) is 4.61. The number of nitrogens with one attached hydrogen (secondary N) is 2. The Hall–Kier alpha value is -3.93. The van der Waals surface area contributed by atoms with E-state index in [2.05, 4.69) is 21.4 Å². The highest BCUT2D eigenvalue weighted by molar-refractivity contribution is 5.96. The second-order valence-electron chi connectivity index (χ2n) is 6.21. The molecule has 0 radical (unpaired) electrons. The number of aromatic amines is 1. The van der Waals surface area contributed by atoms with Crippen molar-refractivity contribution in [3.05, 3.63) is 69.0 Å². The van der Waals surface area contributed by atoms with Gasteiger partial charge < -0.3 is 15.4 Å². The molecule has 3 N–H and O–H groups in total. The second-order valence-corrected chi connectivity index (χ2v) is 6.21. The number of nitriles is 1. The Morgan fingerprint density at radius 1 is 1.37 bits per heavy atom. The number of carbonyl (C=O) groups excluding carboxylic acids is 1. The molecule has 9 heteroatoms. The zero-order valence-corrected chi connectivity index (χ0v) is 13.9. The average molecular weight is 363 g/mol. The zero-order valence-electron chi connectivity index (χ0n) is 13.9. The first kappa shape index (κ1) is 16.5. The van der Waals surface area contributed by atoms with E-state index < -0.39 is 17.6 Å². The van der Waals surface area contributed by atoms with Gasteiger partial charge in [0.2, 0.25) is 0 Å². The highest BCUT2D eigenvalue weighted by Gasteiger charge is 2.26. The maximum atomic E-state index is 12.6. The van der Waals surface area contributed by atoms with Crippen LogP contribution in [0.2, 0.25) is 0 Å². The van der Waals surface area contributed by atoms with E-state index in [0.29, 0.717) is 12.0 Å². The molecule has 2 aromatic heterocycles. The van der Waals surface area contributed by atoms with Crippen molar-refractivity contribution in [3.8, 4) is 6.07 Å². The number of nitrogens with zero attached hydrogens (tertiary/aromatic N) is 3. The number of hydrogen-bond donors (Lipinski definition) is 3. The van der Waals surface area contributed by atoms with Crippen molar-refractivity contribution >= 4 is 17.5 Å². The molecule has 0 saturated heterocycles. The van der Waals surface area contributed by atoms with Crippen molar-refractivity contribution in [2.24, 2.45) is 0 Å². The average Bonchev–Trinajstić information content (AvgIpc) is 3.24. The number of carboxylic acids is 1. The summed E-state index contributed by atoms with van der Waals surface area (Å²) in [5.41, 5.74) is 1.48. The molecule has 0 aliphatic heterocycles. The summed E-state index contributed by atoms with van der Waals surface area (Å²) in [6, 6.07) is 8.24. The lowest BCUT2D eigenvalue weighted by molar-refractivity contribution is 0.0688. The first-order chi connectivity index (χ1) is 13.0. The molecule has 1 aliphatic rings. The lowest BCUT2D eigenvalue weighted by atomic mass is 10.1. The van der Waals surface area contributed by atoms with E-state index in [9.17, 15) is 19.5 Å². The van der Waals surface area contributed by atoms with Gasteiger partial charge in [0.05, 0.1) is 17.7 Å². The summed E-state index contributed by atoms with van der Waals surface area (Å²) in [7, 11) is 0. The summed E-state index contributed by atoms with van der Waals surface area (Å²) < 4.78 is 0.896. The Kier molecular flexibility index (Phi) is 3.74. The molecule has 1 amide bonds. The van der Waals surface area contributed by atoms with E-state index in [1.54, 1.807) is 12.1 Å². The number of benzene rings is 1. The van der Waals surface area contributed by atoms with Gasteiger partial charge in [-0.2, -0.15) is 5.26 Å². The van der Waals surface area contributed by atoms with E-state index in [-0.39, 0.29) is 23.1 Å². The van der Waals surface area contributed by atoms with Crippen LogP contribution in [0.15, 0.2) is 35.3 Å². The van der Waals surface area contributed by atoms with Crippen LogP contribution in [0.3, 0.4) is 0 Å². The number of imidazole rings is 1. The van der Waals surface area contributed by atoms with Gasteiger partial charge in [-0.05, 0) is 36.1 Å². The largest absolute Gasteiger partial charge is 0.477 e. The Balaban J connectivity index is 1.66. The van der Waals surface area contributed by atoms with Crippen LogP contribution in [0.5, 0.6) is 0 Å². The Morgan fingerprint density at radius 3 is 2.93 bits per heavy atom. The first-order valence-corrected chi connectivity index (χ1v) is 8.16. The molecule has 27 heavy (non-hydrogen) atoms. The van der Waals surface area contributed by atoms with Crippen molar-refractivity contribution in [3.63, 3.8) is 0 Å². The van der Waals surface area contributed by atoms with Gasteiger partial charge in [0.25, 0.3) is 5.91 Å². The van der Waals surface area contributed by atoms with Crippen molar-refractivity contribution in [2.45, 2.75) is 18.9 Å². The summed E-state index contributed by atoms with van der Waals surface area (Å²) >= 11 is 0. The van der Waals surface area contributed by atoms with Crippen molar-refractivity contribution in [1.29, 1.82) is 5.26 Å². The monoisotopic (exact) mass is 363 g/mol. The highest BCUT2D eigenvalue weighted by Crippen LogP contribution is 2.31. The van der Waals surface area contributed by atoms with E-state index in [1.165, 1.54) is 6.20 Å². The topological polar surface area (TPSA) is 140 Å². The van der Waals surface area contributed by atoms with E-state index in [0.717, 1.165) is 28.0 Å². The van der Waals surface area contributed by atoms with Gasteiger partial charge in [-0.3, -0.25) is 4.79 Å². The lowest BCUT2D eigenvalue weighted by Crippen LogP contribution is -2.29. The molecule has 3 aromatic rings. The van der Waals surface area contributed by atoms with Crippen molar-refractivity contribution < 1.29 is 14.7 Å². The van der Waals surface area contributed by atoms with Gasteiger partial charge in [0.1, 0.15) is 11.4 Å². The third-order valence-electron chi connectivity index (χ3n) is 4.61. The molecule has 4 rings (SSSR count). The maximum absolute atomic E-state index is 12.6. The number of amides is 1. The standard InChI is InChI=1S/C18H13N5O4/c19-7-9-1-3-11-10(5-9)2-4-12(11)22-16(24)13-6-14(17(25)26)23-15(21-13)8-20-18(23)27/h1,3,5-6,8,12H,2,4H2,(H,20,27)(H,22,24)(H,25,26)/t12-/m0/s1. The lowest BCUT2D eigenvalue weighted by Gasteiger charge is -2.14. The maximum Gasteiger partial charge on any atom is 0.353 e. The summed E-state index contributed by atoms with van der Waals surface area (Å²) in [5.74, 6) is -1.87. The second kappa shape index (κ2) is 6.10. The van der Waals surface area contributed by atoms with Crippen LogP contribution >= 0.6 is 0 Å². The van der Waals surface area contributed by atoms with Gasteiger partial charge in [0, 0.05) is 12.3 Å². The Morgan fingerprint density at radius 2 is 2.19 bits per heavy atom. The number of aromatic nitrogens is 3. The molecule has 2 heterocycles. The quantitative estimate of drug-likeness (QED) is 0.634. The molecule has 0 spiro atoms. The molecule has 9 nitrogen and oxygen atoms in total. The number of rotatable bonds is 3. The number of aryl methyl sites for hydroxylation is 1. The SMILES string of the molecule is N#Cc1ccc2c(c1)CC[C@@H]2NC(=O)c1cc(C(=O)O)n2c(=O)[nH]cc2n1. The number of aromatic carboxylic acids is 1. The van der Waals surface area contributed by atoms with Crippen LogP contribution in [0.1, 0.15) is 50.1 Å². The Labute approximate surface area is 151 Å². The molecular formula is C18H13N5O4. The summed E-state index contributed by atoms with van der Waals surface area (Å²) in [4.78, 5) is 42.3. The van der Waals surface area contributed by atoms with Crippen LogP contribution in [0.4, 0.5) is 0 Å². The van der Waals surface area contributed by atoms with E-state index >= 15 is 0 Å². The van der Waals surface area contributed by atoms with Gasteiger partial charge in [0.15, 0.2) is 5.65 Å².